The summed E-state index contributed by atoms with van der Waals surface area (Å²) in [5.74, 6) is 1.70. The minimum atomic E-state index is 0.0362. The van der Waals surface area contributed by atoms with E-state index in [2.05, 4.69) is 57.4 Å². The molecule has 3 aromatic rings. The first kappa shape index (κ1) is 20.1. The summed E-state index contributed by atoms with van der Waals surface area (Å²) in [5.41, 5.74) is 3.79. The van der Waals surface area contributed by atoms with Gasteiger partial charge < -0.3 is 14.6 Å². The number of nitrogens with zero attached hydrogens (tertiary/aromatic N) is 2. The molecule has 5 rings (SSSR count). The van der Waals surface area contributed by atoms with Gasteiger partial charge >= 0.3 is 0 Å². The predicted octanol–water partition coefficient (Wildman–Crippen LogP) is 4.55. The van der Waals surface area contributed by atoms with Gasteiger partial charge in [-0.25, -0.2) is 0 Å². The fraction of sp³-hybridized carbons (Fsp3) is 0.423. The van der Waals surface area contributed by atoms with E-state index in [1.165, 1.54) is 16.5 Å². The van der Waals surface area contributed by atoms with Crippen molar-refractivity contribution in [2.24, 2.45) is 0 Å². The number of aromatic nitrogens is 1. The maximum absolute atomic E-state index is 13.4. The van der Waals surface area contributed by atoms with Gasteiger partial charge in [0.15, 0.2) is 0 Å². The molecule has 0 saturated carbocycles. The number of carbonyl (C=O) groups excluding carboxylic acids is 1. The van der Waals surface area contributed by atoms with Crippen molar-refractivity contribution in [2.75, 3.05) is 26.7 Å². The first-order chi connectivity index (χ1) is 15.2. The SMILES string of the molecule is COc1ccc2[nH]cc(C3CCN(C(=O)C4CCCN4Cc4ccccc4)CC3)c2c1. The molecule has 0 spiro atoms. The third-order valence-corrected chi connectivity index (χ3v) is 7.04. The highest BCUT2D eigenvalue weighted by molar-refractivity contribution is 5.85. The number of nitrogens with one attached hydrogen (secondary N) is 1. The number of fused-ring (bicyclic) bond motifs is 1. The monoisotopic (exact) mass is 417 g/mol. The van der Waals surface area contributed by atoms with Crippen molar-refractivity contribution in [1.29, 1.82) is 0 Å². The van der Waals surface area contributed by atoms with E-state index in [0.29, 0.717) is 11.8 Å². The van der Waals surface area contributed by atoms with Crippen molar-refractivity contribution >= 4 is 16.8 Å². The first-order valence-corrected chi connectivity index (χ1v) is 11.4. The van der Waals surface area contributed by atoms with Crippen LogP contribution in [0.3, 0.4) is 0 Å². The number of benzene rings is 2. The number of amides is 1. The number of hydrogen-bond acceptors (Lipinski definition) is 3. The van der Waals surface area contributed by atoms with Gasteiger partial charge in [0, 0.05) is 36.7 Å². The zero-order valence-corrected chi connectivity index (χ0v) is 18.2. The Bertz CT molecular complexity index is 1040. The summed E-state index contributed by atoms with van der Waals surface area (Å²) in [4.78, 5) is 21.2. The average Bonchev–Trinajstić information content (AvgIpc) is 3.46. The minimum Gasteiger partial charge on any atom is -0.497 e. The molecule has 0 bridgehead atoms. The molecular formula is C26H31N3O2. The van der Waals surface area contributed by atoms with Crippen LogP contribution in [-0.2, 0) is 11.3 Å². The standard InChI is InChI=1S/C26H31N3O2/c1-31-21-9-10-24-22(16-21)23(17-27-24)20-11-14-28(15-12-20)26(30)25-8-5-13-29(25)18-19-6-3-2-4-7-19/h2-4,6-7,9-10,16-17,20,25,27H,5,8,11-15,18H2,1H3. The van der Waals surface area contributed by atoms with Gasteiger partial charge in [-0.2, -0.15) is 0 Å². The van der Waals surface area contributed by atoms with E-state index >= 15 is 0 Å². The number of piperidine rings is 1. The molecule has 5 heteroatoms. The highest BCUT2D eigenvalue weighted by atomic mass is 16.5. The summed E-state index contributed by atoms with van der Waals surface area (Å²) in [5, 5.41) is 1.24. The van der Waals surface area contributed by atoms with Gasteiger partial charge in [-0.15, -0.1) is 0 Å². The van der Waals surface area contributed by atoms with Crippen molar-refractivity contribution in [3.8, 4) is 5.75 Å². The van der Waals surface area contributed by atoms with E-state index in [1.807, 2.05) is 12.1 Å². The quantitative estimate of drug-likeness (QED) is 0.663. The molecule has 1 aromatic heterocycles. The van der Waals surface area contributed by atoms with Crippen LogP contribution >= 0.6 is 0 Å². The molecule has 3 heterocycles. The molecule has 2 aromatic carbocycles. The number of H-pyrrole nitrogens is 1. The Balaban J connectivity index is 1.23. The Labute approximate surface area is 184 Å². The van der Waals surface area contributed by atoms with Gasteiger partial charge in [-0.1, -0.05) is 30.3 Å². The van der Waals surface area contributed by atoms with Crippen LogP contribution in [0.25, 0.3) is 10.9 Å². The summed E-state index contributed by atoms with van der Waals surface area (Å²) in [6, 6.07) is 16.7. The molecule has 0 aliphatic carbocycles. The lowest BCUT2D eigenvalue weighted by Gasteiger charge is -2.35. The molecule has 5 nitrogen and oxygen atoms in total. The molecule has 2 aliphatic heterocycles. The zero-order valence-electron chi connectivity index (χ0n) is 18.2. The van der Waals surface area contributed by atoms with Gasteiger partial charge in [0.25, 0.3) is 0 Å². The Kier molecular flexibility index (Phi) is 5.68. The predicted molar refractivity (Wildman–Crippen MR) is 123 cm³/mol. The summed E-state index contributed by atoms with van der Waals surface area (Å²) >= 11 is 0. The number of aromatic amines is 1. The summed E-state index contributed by atoms with van der Waals surface area (Å²) in [6.07, 6.45) is 6.26. The number of carbonyl (C=O) groups is 1. The van der Waals surface area contributed by atoms with Gasteiger partial charge in [0.05, 0.1) is 13.2 Å². The van der Waals surface area contributed by atoms with Crippen molar-refractivity contribution in [3.63, 3.8) is 0 Å². The second kappa shape index (κ2) is 8.75. The molecule has 0 radical (unpaired) electrons. The Morgan fingerprint density at radius 1 is 1.06 bits per heavy atom. The summed E-state index contributed by atoms with van der Waals surface area (Å²) < 4.78 is 5.42. The highest BCUT2D eigenvalue weighted by Crippen LogP contribution is 2.35. The minimum absolute atomic E-state index is 0.0362. The molecule has 2 fully saturated rings. The van der Waals surface area contributed by atoms with E-state index in [4.69, 9.17) is 4.74 Å². The fourth-order valence-electron chi connectivity index (χ4n) is 5.32. The van der Waals surface area contributed by atoms with Crippen LogP contribution in [0.1, 0.15) is 42.7 Å². The Morgan fingerprint density at radius 2 is 1.87 bits per heavy atom. The summed E-state index contributed by atoms with van der Waals surface area (Å²) in [7, 11) is 1.71. The van der Waals surface area contributed by atoms with E-state index in [0.717, 1.165) is 63.1 Å². The Morgan fingerprint density at radius 3 is 2.65 bits per heavy atom. The first-order valence-electron chi connectivity index (χ1n) is 11.4. The topological polar surface area (TPSA) is 48.6 Å². The largest absolute Gasteiger partial charge is 0.497 e. The molecule has 1 amide bonds. The molecule has 2 aliphatic rings. The van der Waals surface area contributed by atoms with Crippen LogP contribution < -0.4 is 4.74 Å². The van der Waals surface area contributed by atoms with Crippen LogP contribution in [-0.4, -0.2) is 53.5 Å². The molecule has 1 N–H and O–H groups in total. The third kappa shape index (κ3) is 4.07. The van der Waals surface area contributed by atoms with Gasteiger partial charge in [-0.3, -0.25) is 9.69 Å². The number of hydrogen-bond donors (Lipinski definition) is 1. The van der Waals surface area contributed by atoms with Crippen LogP contribution in [0.4, 0.5) is 0 Å². The van der Waals surface area contributed by atoms with E-state index in [1.54, 1.807) is 7.11 Å². The maximum atomic E-state index is 13.4. The third-order valence-electron chi connectivity index (χ3n) is 7.04. The van der Waals surface area contributed by atoms with Crippen molar-refractivity contribution in [2.45, 2.75) is 44.2 Å². The van der Waals surface area contributed by atoms with Crippen molar-refractivity contribution in [3.05, 3.63) is 65.9 Å². The zero-order chi connectivity index (χ0) is 21.2. The van der Waals surface area contributed by atoms with Gasteiger partial charge in [0.2, 0.25) is 5.91 Å². The normalized spacial score (nSPS) is 20.4. The van der Waals surface area contributed by atoms with Crippen LogP contribution in [0.15, 0.2) is 54.7 Å². The summed E-state index contributed by atoms with van der Waals surface area (Å²) in [6.45, 7) is 3.56. The average molecular weight is 418 g/mol. The lowest BCUT2D eigenvalue weighted by molar-refractivity contribution is -0.137. The van der Waals surface area contributed by atoms with Crippen molar-refractivity contribution in [1.82, 2.24) is 14.8 Å². The number of likely N-dealkylation sites (tertiary alicyclic amines) is 2. The fourth-order valence-corrected chi connectivity index (χ4v) is 5.32. The number of methoxy groups -OCH3 is 1. The molecule has 31 heavy (non-hydrogen) atoms. The van der Waals surface area contributed by atoms with E-state index < -0.39 is 0 Å². The van der Waals surface area contributed by atoms with E-state index in [-0.39, 0.29) is 6.04 Å². The second-order valence-corrected chi connectivity index (χ2v) is 8.87. The Hall–Kier alpha value is -2.79. The number of ether oxygens (including phenoxy) is 1. The van der Waals surface area contributed by atoms with Gasteiger partial charge in [0.1, 0.15) is 5.75 Å². The lowest BCUT2D eigenvalue weighted by atomic mass is 9.89. The second-order valence-electron chi connectivity index (χ2n) is 8.87. The number of rotatable bonds is 5. The molecule has 2 saturated heterocycles. The van der Waals surface area contributed by atoms with Crippen molar-refractivity contribution < 1.29 is 9.53 Å². The lowest BCUT2D eigenvalue weighted by Crippen LogP contribution is -2.48. The molecule has 1 atom stereocenters. The molecular weight excluding hydrogens is 386 g/mol. The van der Waals surface area contributed by atoms with Crippen LogP contribution in [0, 0.1) is 0 Å². The van der Waals surface area contributed by atoms with Gasteiger partial charge in [-0.05, 0) is 67.5 Å². The highest BCUT2D eigenvalue weighted by Gasteiger charge is 2.35. The molecule has 1 unspecified atom stereocenters. The van der Waals surface area contributed by atoms with Crippen LogP contribution in [0.2, 0.25) is 0 Å². The smallest absolute Gasteiger partial charge is 0.239 e. The molecule has 162 valence electrons. The van der Waals surface area contributed by atoms with E-state index in [9.17, 15) is 4.79 Å². The maximum Gasteiger partial charge on any atom is 0.239 e. The van der Waals surface area contributed by atoms with Crippen LogP contribution in [0.5, 0.6) is 5.75 Å².